The summed E-state index contributed by atoms with van der Waals surface area (Å²) in [4.78, 5) is 0. The fourth-order valence-electron chi connectivity index (χ4n) is 2.43. The van der Waals surface area contributed by atoms with Gasteiger partial charge in [0.25, 0.3) is 0 Å². The molecule has 0 saturated heterocycles. The topological polar surface area (TPSA) is 78.8 Å². The van der Waals surface area contributed by atoms with Crippen molar-refractivity contribution in [3.63, 3.8) is 0 Å². The summed E-state index contributed by atoms with van der Waals surface area (Å²) in [5, 5.41) is 22.9. The molecule has 22 heavy (non-hydrogen) atoms. The predicted octanol–water partition coefficient (Wildman–Crippen LogP) is 2.90. The molecule has 0 aliphatic heterocycles. The van der Waals surface area contributed by atoms with Crippen LogP contribution in [0.2, 0.25) is 0 Å². The summed E-state index contributed by atoms with van der Waals surface area (Å²) in [5.41, 5.74) is 6.72. The maximum Gasteiger partial charge on any atom is 0.125 e. The zero-order chi connectivity index (χ0) is 16.4. The van der Waals surface area contributed by atoms with Crippen molar-refractivity contribution < 1.29 is 10.3 Å². The van der Waals surface area contributed by atoms with Gasteiger partial charge in [0.05, 0.1) is 5.71 Å². The van der Waals surface area contributed by atoms with Gasteiger partial charge in [-0.05, 0) is 31.5 Å². The summed E-state index contributed by atoms with van der Waals surface area (Å²) in [6.07, 6.45) is 3.63. The molecule has 0 radical (unpaired) electrons. The molecule has 0 atom stereocenters. The van der Waals surface area contributed by atoms with E-state index in [2.05, 4.69) is 17.0 Å². The van der Waals surface area contributed by atoms with Crippen molar-refractivity contribution in [2.45, 2.75) is 51.6 Å². The third kappa shape index (κ3) is 5.51. The summed E-state index contributed by atoms with van der Waals surface area (Å²) in [6, 6.07) is 7.46. The molecule has 0 fully saturated rings. The molecule has 0 amide bonds. The molecule has 120 valence electrons. The highest BCUT2D eigenvalue weighted by atomic mass is 16.4. The molecule has 0 saturated carbocycles. The SMILES string of the molecule is CCCC(O)(C#Cc1cccc(/C(CCN)=N\O)c1)CCC. The van der Waals surface area contributed by atoms with Crippen LogP contribution in [0.25, 0.3) is 0 Å². The van der Waals surface area contributed by atoms with E-state index in [0.29, 0.717) is 31.5 Å². The van der Waals surface area contributed by atoms with Crippen LogP contribution in [0.5, 0.6) is 0 Å². The molecule has 4 heteroatoms. The largest absolute Gasteiger partial charge is 0.411 e. The van der Waals surface area contributed by atoms with E-state index in [-0.39, 0.29) is 0 Å². The first kappa shape index (κ1) is 18.2. The van der Waals surface area contributed by atoms with Gasteiger partial charge >= 0.3 is 0 Å². The maximum atomic E-state index is 10.5. The van der Waals surface area contributed by atoms with Gasteiger partial charge in [0.15, 0.2) is 0 Å². The Morgan fingerprint density at radius 2 is 1.95 bits per heavy atom. The molecular formula is C18H26N2O2. The molecule has 1 aromatic carbocycles. The van der Waals surface area contributed by atoms with Crippen molar-refractivity contribution >= 4 is 5.71 Å². The third-order valence-electron chi connectivity index (χ3n) is 3.46. The monoisotopic (exact) mass is 302 g/mol. The number of oxime groups is 1. The van der Waals surface area contributed by atoms with Crippen molar-refractivity contribution in [1.29, 1.82) is 0 Å². The van der Waals surface area contributed by atoms with Gasteiger partial charge < -0.3 is 16.0 Å². The molecule has 1 aromatic rings. The predicted molar refractivity (Wildman–Crippen MR) is 90.1 cm³/mol. The first-order chi connectivity index (χ1) is 10.6. The Labute approximate surface area is 133 Å². The highest BCUT2D eigenvalue weighted by Crippen LogP contribution is 2.18. The number of aliphatic hydroxyl groups is 1. The van der Waals surface area contributed by atoms with Gasteiger partial charge in [-0.1, -0.05) is 55.8 Å². The van der Waals surface area contributed by atoms with Crippen LogP contribution in [0.4, 0.5) is 0 Å². The lowest BCUT2D eigenvalue weighted by Crippen LogP contribution is -2.25. The van der Waals surface area contributed by atoms with Crippen molar-refractivity contribution in [3.05, 3.63) is 35.4 Å². The van der Waals surface area contributed by atoms with E-state index in [1.165, 1.54) is 0 Å². The second-order valence-electron chi connectivity index (χ2n) is 5.45. The molecule has 0 aromatic heterocycles. The highest BCUT2D eigenvalue weighted by Gasteiger charge is 2.21. The van der Waals surface area contributed by atoms with Crippen LogP contribution >= 0.6 is 0 Å². The highest BCUT2D eigenvalue weighted by molar-refractivity contribution is 6.00. The van der Waals surface area contributed by atoms with Crippen molar-refractivity contribution in [3.8, 4) is 11.8 Å². The lowest BCUT2D eigenvalue weighted by atomic mass is 9.93. The second kappa shape index (κ2) is 9.24. The number of rotatable bonds is 7. The van der Waals surface area contributed by atoms with Crippen LogP contribution in [-0.2, 0) is 0 Å². The Hall–Kier alpha value is -1.83. The van der Waals surface area contributed by atoms with Gasteiger partial charge in [0.1, 0.15) is 5.60 Å². The quantitative estimate of drug-likeness (QED) is 0.313. The number of nitrogens with zero attached hydrogens (tertiary/aromatic N) is 1. The lowest BCUT2D eigenvalue weighted by molar-refractivity contribution is 0.0807. The average molecular weight is 302 g/mol. The number of hydrogen-bond acceptors (Lipinski definition) is 4. The van der Waals surface area contributed by atoms with Gasteiger partial charge in [-0.15, -0.1) is 0 Å². The third-order valence-corrected chi connectivity index (χ3v) is 3.46. The van der Waals surface area contributed by atoms with E-state index in [1.807, 2.05) is 38.1 Å². The molecular weight excluding hydrogens is 276 g/mol. The lowest BCUT2D eigenvalue weighted by Gasteiger charge is -2.20. The van der Waals surface area contributed by atoms with E-state index in [1.54, 1.807) is 0 Å². The summed E-state index contributed by atoms with van der Waals surface area (Å²) in [6.45, 7) is 4.50. The second-order valence-corrected chi connectivity index (χ2v) is 5.45. The van der Waals surface area contributed by atoms with Crippen molar-refractivity contribution in [2.24, 2.45) is 10.9 Å². The minimum atomic E-state index is -0.926. The van der Waals surface area contributed by atoms with Crippen LogP contribution in [0.3, 0.4) is 0 Å². The normalized spacial score (nSPS) is 11.9. The van der Waals surface area contributed by atoms with Crippen LogP contribution in [0.1, 0.15) is 57.1 Å². The Morgan fingerprint density at radius 1 is 1.27 bits per heavy atom. The van der Waals surface area contributed by atoms with Crippen LogP contribution in [0, 0.1) is 11.8 Å². The summed E-state index contributed by atoms with van der Waals surface area (Å²) < 4.78 is 0. The minimum Gasteiger partial charge on any atom is -0.411 e. The number of hydrogen-bond donors (Lipinski definition) is 3. The van der Waals surface area contributed by atoms with E-state index >= 15 is 0 Å². The smallest absolute Gasteiger partial charge is 0.125 e. The fourth-order valence-corrected chi connectivity index (χ4v) is 2.43. The fraction of sp³-hybridized carbons (Fsp3) is 0.500. The maximum absolute atomic E-state index is 10.5. The Kier molecular flexibility index (Phi) is 7.65. The molecule has 4 N–H and O–H groups in total. The molecule has 0 bridgehead atoms. The van der Waals surface area contributed by atoms with Gasteiger partial charge in [0.2, 0.25) is 0 Å². The Morgan fingerprint density at radius 3 is 2.50 bits per heavy atom. The molecule has 0 aliphatic rings. The molecule has 0 aliphatic carbocycles. The summed E-state index contributed by atoms with van der Waals surface area (Å²) in [5.74, 6) is 6.06. The van der Waals surface area contributed by atoms with Gasteiger partial charge in [-0.3, -0.25) is 0 Å². The minimum absolute atomic E-state index is 0.419. The van der Waals surface area contributed by atoms with E-state index in [4.69, 9.17) is 10.9 Å². The summed E-state index contributed by atoms with van der Waals surface area (Å²) in [7, 11) is 0. The first-order valence-corrected chi connectivity index (χ1v) is 7.85. The average Bonchev–Trinajstić information content (AvgIpc) is 2.51. The summed E-state index contributed by atoms with van der Waals surface area (Å²) >= 11 is 0. The molecule has 4 nitrogen and oxygen atoms in total. The molecule has 0 spiro atoms. The first-order valence-electron chi connectivity index (χ1n) is 7.85. The van der Waals surface area contributed by atoms with E-state index < -0.39 is 5.60 Å². The molecule has 0 unspecified atom stereocenters. The zero-order valence-electron chi connectivity index (χ0n) is 13.5. The number of nitrogens with two attached hydrogens (primary N) is 1. The van der Waals surface area contributed by atoms with Crippen molar-refractivity contribution in [2.75, 3.05) is 6.54 Å². The van der Waals surface area contributed by atoms with Crippen LogP contribution in [-0.4, -0.2) is 28.2 Å². The molecule has 0 heterocycles. The van der Waals surface area contributed by atoms with Gasteiger partial charge in [-0.25, -0.2) is 0 Å². The number of benzene rings is 1. The van der Waals surface area contributed by atoms with Gasteiger partial charge in [0, 0.05) is 17.5 Å². The molecule has 1 rings (SSSR count). The van der Waals surface area contributed by atoms with Crippen molar-refractivity contribution in [1.82, 2.24) is 0 Å². The van der Waals surface area contributed by atoms with Gasteiger partial charge in [-0.2, -0.15) is 0 Å². The Bertz CT molecular complexity index is 550. The standard InChI is InChI=1S/C18H26N2O2/c1-3-10-18(21,11-4-2)12-8-15-6-5-7-16(14-15)17(20-22)9-13-19/h5-7,14,21-22H,3-4,9-11,13,19H2,1-2H3/b20-17-. The van der Waals surface area contributed by atoms with Crippen LogP contribution < -0.4 is 5.73 Å². The van der Waals surface area contributed by atoms with E-state index in [0.717, 1.165) is 24.0 Å². The zero-order valence-corrected chi connectivity index (χ0v) is 13.5. The van der Waals surface area contributed by atoms with Crippen LogP contribution in [0.15, 0.2) is 29.4 Å². The van der Waals surface area contributed by atoms with E-state index in [9.17, 15) is 5.11 Å². The Balaban J connectivity index is 3.02.